The molecular weight excluding hydrogens is 266 g/mol. The van der Waals surface area contributed by atoms with Crippen LogP contribution in [0.1, 0.15) is 30.5 Å². The Morgan fingerprint density at radius 1 is 1.14 bits per heavy atom. The van der Waals surface area contributed by atoms with Gasteiger partial charge in [-0.25, -0.2) is 0 Å². The van der Waals surface area contributed by atoms with Gasteiger partial charge in [-0.2, -0.15) is 10.2 Å². The zero-order chi connectivity index (χ0) is 15.1. The Kier molecular flexibility index (Phi) is 5.51. The Hall–Kier alpha value is -2.14. The van der Waals surface area contributed by atoms with Gasteiger partial charge in [0.2, 0.25) is 0 Å². The second-order valence-electron chi connectivity index (χ2n) is 4.67. The second-order valence-corrected chi connectivity index (χ2v) is 4.67. The summed E-state index contributed by atoms with van der Waals surface area (Å²) in [4.78, 5) is 0. The van der Waals surface area contributed by atoms with Crippen molar-refractivity contribution in [2.24, 2.45) is 0 Å². The highest BCUT2D eigenvalue weighted by Gasteiger charge is 2.18. The average Bonchev–Trinajstić information content (AvgIpc) is 2.56. The van der Waals surface area contributed by atoms with Gasteiger partial charge in [-0.1, -0.05) is 6.92 Å². The number of aromatic nitrogens is 2. The summed E-state index contributed by atoms with van der Waals surface area (Å²) in [5.41, 5.74) is 2.11. The standard InChI is InChI=1S/C16H21N3O2/c1-4-8-17-16(12-7-9-18-19-11-12)14-6-5-13(20-2)10-15(14)21-3/h5-7,9-11,16-17H,4,8H2,1-3H3. The number of rotatable bonds is 7. The van der Waals surface area contributed by atoms with E-state index in [2.05, 4.69) is 22.4 Å². The van der Waals surface area contributed by atoms with Gasteiger partial charge in [0.05, 0.1) is 26.5 Å². The molecule has 0 fully saturated rings. The molecule has 21 heavy (non-hydrogen) atoms. The van der Waals surface area contributed by atoms with Gasteiger partial charge in [0.1, 0.15) is 11.5 Å². The van der Waals surface area contributed by atoms with Crippen LogP contribution in [0.2, 0.25) is 0 Å². The van der Waals surface area contributed by atoms with E-state index in [1.54, 1.807) is 26.6 Å². The van der Waals surface area contributed by atoms with E-state index in [1.807, 2.05) is 24.3 Å². The molecule has 1 N–H and O–H groups in total. The van der Waals surface area contributed by atoms with E-state index < -0.39 is 0 Å². The lowest BCUT2D eigenvalue weighted by atomic mass is 9.99. The van der Waals surface area contributed by atoms with Gasteiger partial charge in [0.15, 0.2) is 0 Å². The molecule has 0 aliphatic carbocycles. The summed E-state index contributed by atoms with van der Waals surface area (Å²) in [6.07, 6.45) is 4.52. The fraction of sp³-hybridized carbons (Fsp3) is 0.375. The van der Waals surface area contributed by atoms with E-state index in [1.165, 1.54) is 0 Å². The Labute approximate surface area is 125 Å². The highest BCUT2D eigenvalue weighted by Crippen LogP contribution is 2.32. The number of benzene rings is 1. The van der Waals surface area contributed by atoms with Crippen molar-refractivity contribution in [2.45, 2.75) is 19.4 Å². The van der Waals surface area contributed by atoms with Gasteiger partial charge >= 0.3 is 0 Å². The van der Waals surface area contributed by atoms with Gasteiger partial charge in [-0.15, -0.1) is 0 Å². The zero-order valence-electron chi connectivity index (χ0n) is 12.7. The minimum absolute atomic E-state index is 0.0151. The molecule has 0 radical (unpaired) electrons. The number of nitrogens with zero attached hydrogens (tertiary/aromatic N) is 2. The first-order valence-electron chi connectivity index (χ1n) is 7.02. The maximum atomic E-state index is 5.51. The van der Waals surface area contributed by atoms with Crippen LogP contribution in [0.3, 0.4) is 0 Å². The fourth-order valence-corrected chi connectivity index (χ4v) is 2.22. The van der Waals surface area contributed by atoms with Crippen LogP contribution in [0.25, 0.3) is 0 Å². The molecule has 0 aliphatic heterocycles. The lowest BCUT2D eigenvalue weighted by Gasteiger charge is -2.21. The number of hydrogen-bond donors (Lipinski definition) is 1. The van der Waals surface area contributed by atoms with E-state index in [9.17, 15) is 0 Å². The van der Waals surface area contributed by atoms with Crippen LogP contribution in [0.4, 0.5) is 0 Å². The smallest absolute Gasteiger partial charge is 0.127 e. The number of ether oxygens (including phenoxy) is 2. The Morgan fingerprint density at radius 3 is 2.62 bits per heavy atom. The van der Waals surface area contributed by atoms with Crippen LogP contribution in [0.15, 0.2) is 36.7 Å². The van der Waals surface area contributed by atoms with Crippen LogP contribution >= 0.6 is 0 Å². The van der Waals surface area contributed by atoms with Gasteiger partial charge < -0.3 is 14.8 Å². The first kappa shape index (κ1) is 15.3. The van der Waals surface area contributed by atoms with Crippen LogP contribution in [-0.2, 0) is 0 Å². The Morgan fingerprint density at radius 2 is 2.00 bits per heavy atom. The molecule has 2 aromatic rings. The van der Waals surface area contributed by atoms with Crippen molar-refractivity contribution in [1.29, 1.82) is 0 Å². The molecule has 0 spiro atoms. The summed E-state index contributed by atoms with van der Waals surface area (Å²) in [7, 11) is 3.31. The van der Waals surface area contributed by atoms with Crippen LogP contribution in [0.5, 0.6) is 11.5 Å². The molecule has 1 atom stereocenters. The van der Waals surface area contributed by atoms with Crippen molar-refractivity contribution in [3.05, 3.63) is 47.8 Å². The molecule has 2 rings (SSSR count). The molecule has 1 aromatic carbocycles. The monoisotopic (exact) mass is 287 g/mol. The minimum Gasteiger partial charge on any atom is -0.497 e. The maximum absolute atomic E-state index is 5.51. The maximum Gasteiger partial charge on any atom is 0.127 e. The second kappa shape index (κ2) is 7.59. The van der Waals surface area contributed by atoms with E-state index in [-0.39, 0.29) is 6.04 Å². The van der Waals surface area contributed by atoms with Crippen LogP contribution < -0.4 is 14.8 Å². The van der Waals surface area contributed by atoms with E-state index in [0.717, 1.165) is 35.6 Å². The molecule has 1 aromatic heterocycles. The normalized spacial score (nSPS) is 12.0. The van der Waals surface area contributed by atoms with Crippen LogP contribution in [0, 0.1) is 0 Å². The van der Waals surface area contributed by atoms with Crippen molar-refractivity contribution < 1.29 is 9.47 Å². The predicted octanol–water partition coefficient (Wildman–Crippen LogP) is 2.58. The highest BCUT2D eigenvalue weighted by atomic mass is 16.5. The average molecular weight is 287 g/mol. The molecule has 0 amide bonds. The summed E-state index contributed by atoms with van der Waals surface area (Å²) in [6, 6.07) is 7.83. The third kappa shape index (κ3) is 3.70. The molecule has 5 heteroatoms. The van der Waals surface area contributed by atoms with Gasteiger partial charge in [-0.3, -0.25) is 0 Å². The fourth-order valence-electron chi connectivity index (χ4n) is 2.22. The largest absolute Gasteiger partial charge is 0.497 e. The van der Waals surface area contributed by atoms with Crippen molar-refractivity contribution in [3.63, 3.8) is 0 Å². The summed E-state index contributed by atoms with van der Waals surface area (Å²) in [5.74, 6) is 1.57. The number of hydrogen-bond acceptors (Lipinski definition) is 5. The third-order valence-electron chi connectivity index (χ3n) is 3.29. The molecule has 1 unspecified atom stereocenters. The van der Waals surface area contributed by atoms with Crippen molar-refractivity contribution in [1.82, 2.24) is 15.5 Å². The molecule has 0 saturated carbocycles. The third-order valence-corrected chi connectivity index (χ3v) is 3.29. The first-order chi connectivity index (χ1) is 10.3. The van der Waals surface area contributed by atoms with Gasteiger partial charge in [0.25, 0.3) is 0 Å². The molecule has 0 aliphatic rings. The van der Waals surface area contributed by atoms with Crippen molar-refractivity contribution >= 4 is 0 Å². The number of nitrogens with one attached hydrogen (secondary N) is 1. The lowest BCUT2D eigenvalue weighted by Crippen LogP contribution is -2.24. The summed E-state index contributed by atoms with van der Waals surface area (Å²) in [5, 5.41) is 11.3. The van der Waals surface area contributed by atoms with Crippen molar-refractivity contribution in [2.75, 3.05) is 20.8 Å². The van der Waals surface area contributed by atoms with E-state index in [4.69, 9.17) is 9.47 Å². The van der Waals surface area contributed by atoms with Crippen molar-refractivity contribution in [3.8, 4) is 11.5 Å². The summed E-state index contributed by atoms with van der Waals surface area (Å²) >= 11 is 0. The quantitative estimate of drug-likeness (QED) is 0.848. The molecule has 1 heterocycles. The van der Waals surface area contributed by atoms with E-state index >= 15 is 0 Å². The molecule has 5 nitrogen and oxygen atoms in total. The zero-order valence-corrected chi connectivity index (χ0v) is 12.7. The SMILES string of the molecule is CCCNC(c1ccnnc1)c1ccc(OC)cc1OC. The summed E-state index contributed by atoms with van der Waals surface area (Å²) in [6.45, 7) is 3.04. The van der Waals surface area contributed by atoms with Gasteiger partial charge in [0, 0.05) is 17.8 Å². The first-order valence-corrected chi connectivity index (χ1v) is 7.02. The highest BCUT2D eigenvalue weighted by molar-refractivity contribution is 5.45. The number of methoxy groups -OCH3 is 2. The molecule has 112 valence electrons. The lowest BCUT2D eigenvalue weighted by molar-refractivity contribution is 0.387. The Bertz CT molecular complexity index is 561. The minimum atomic E-state index is 0.0151. The van der Waals surface area contributed by atoms with Crippen LogP contribution in [-0.4, -0.2) is 31.0 Å². The van der Waals surface area contributed by atoms with Gasteiger partial charge in [-0.05, 0) is 36.7 Å². The molecular formula is C16H21N3O2. The topological polar surface area (TPSA) is 56.3 Å². The Balaban J connectivity index is 2.41. The van der Waals surface area contributed by atoms with E-state index in [0.29, 0.717) is 0 Å². The predicted molar refractivity (Wildman–Crippen MR) is 81.7 cm³/mol. The molecule has 0 saturated heterocycles. The summed E-state index contributed by atoms with van der Waals surface area (Å²) < 4.78 is 10.8. The molecule has 0 bridgehead atoms.